The van der Waals surface area contributed by atoms with Gasteiger partial charge in [0, 0.05) is 0 Å². The van der Waals surface area contributed by atoms with E-state index in [4.69, 9.17) is 9.47 Å². The molecule has 0 amide bonds. The molecule has 3 aromatic carbocycles. The molecule has 25 heavy (non-hydrogen) atoms. The fourth-order valence-electron chi connectivity index (χ4n) is 2.68. The van der Waals surface area contributed by atoms with Crippen molar-refractivity contribution in [2.75, 3.05) is 0 Å². The molecule has 0 bridgehead atoms. The molecular weight excluding hydrogens is 308 g/mol. The second-order valence-corrected chi connectivity index (χ2v) is 6.67. The number of hydrogen-bond acceptors (Lipinski definition) is 2. The predicted octanol–water partition coefficient (Wildman–Crippen LogP) is 6.81. The van der Waals surface area contributed by atoms with Crippen molar-refractivity contribution in [3.8, 4) is 23.0 Å². The summed E-state index contributed by atoms with van der Waals surface area (Å²) < 4.78 is 12.2. The fourth-order valence-corrected chi connectivity index (χ4v) is 2.68. The van der Waals surface area contributed by atoms with Crippen LogP contribution in [0, 0.1) is 34.6 Å². The van der Waals surface area contributed by atoms with Gasteiger partial charge >= 0.3 is 0 Å². The summed E-state index contributed by atoms with van der Waals surface area (Å²) in [6, 6.07) is 18.4. The Morgan fingerprint density at radius 1 is 0.480 bits per heavy atom. The van der Waals surface area contributed by atoms with Gasteiger partial charge in [-0.2, -0.15) is 0 Å². The molecule has 0 spiro atoms. The highest BCUT2D eigenvalue weighted by Crippen LogP contribution is 2.33. The second kappa shape index (κ2) is 7.02. The first-order valence-corrected chi connectivity index (χ1v) is 8.53. The molecule has 0 aromatic heterocycles. The lowest BCUT2D eigenvalue weighted by Gasteiger charge is -2.14. The molecule has 0 radical (unpaired) electrons. The van der Waals surface area contributed by atoms with E-state index in [2.05, 4.69) is 64.1 Å². The quantitative estimate of drug-likeness (QED) is 0.522. The number of rotatable bonds is 4. The minimum Gasteiger partial charge on any atom is -0.457 e. The van der Waals surface area contributed by atoms with Gasteiger partial charge in [-0.1, -0.05) is 24.3 Å². The minimum absolute atomic E-state index is 0.819. The maximum absolute atomic E-state index is 6.11. The highest BCUT2D eigenvalue weighted by atomic mass is 16.5. The average molecular weight is 332 g/mol. The van der Waals surface area contributed by atoms with Crippen LogP contribution in [0.15, 0.2) is 54.6 Å². The van der Waals surface area contributed by atoms with E-state index in [-0.39, 0.29) is 0 Å². The molecule has 0 fully saturated rings. The van der Waals surface area contributed by atoms with Crippen molar-refractivity contribution in [3.63, 3.8) is 0 Å². The standard InChI is InChI=1S/C23H24O2/c1-15-6-8-17(3)22(12-15)24-20-10-11-21(19(5)14-20)25-23-13-16(2)7-9-18(23)4/h6-14H,1-5H3. The van der Waals surface area contributed by atoms with E-state index in [1.54, 1.807) is 0 Å². The third-order valence-electron chi connectivity index (χ3n) is 4.28. The van der Waals surface area contributed by atoms with E-state index >= 15 is 0 Å². The molecule has 2 heteroatoms. The first kappa shape index (κ1) is 17.1. The first-order chi connectivity index (χ1) is 11.9. The summed E-state index contributed by atoms with van der Waals surface area (Å²) in [5, 5.41) is 0. The monoisotopic (exact) mass is 332 g/mol. The van der Waals surface area contributed by atoms with Gasteiger partial charge in [-0.3, -0.25) is 0 Å². The molecule has 3 aromatic rings. The van der Waals surface area contributed by atoms with Crippen LogP contribution >= 0.6 is 0 Å². The number of aryl methyl sites for hydroxylation is 5. The zero-order chi connectivity index (χ0) is 18.0. The molecule has 0 aliphatic carbocycles. The molecule has 0 aliphatic heterocycles. The van der Waals surface area contributed by atoms with Gasteiger partial charge in [-0.05, 0) is 92.8 Å². The van der Waals surface area contributed by atoms with E-state index in [1.807, 2.05) is 25.1 Å². The lowest BCUT2D eigenvalue weighted by atomic mass is 10.1. The largest absolute Gasteiger partial charge is 0.457 e. The molecular formula is C23H24O2. The molecule has 2 nitrogen and oxygen atoms in total. The molecule has 0 aliphatic rings. The van der Waals surface area contributed by atoms with Crippen LogP contribution in [0.4, 0.5) is 0 Å². The lowest BCUT2D eigenvalue weighted by Crippen LogP contribution is -1.93. The zero-order valence-electron chi connectivity index (χ0n) is 15.5. The van der Waals surface area contributed by atoms with E-state index in [9.17, 15) is 0 Å². The third-order valence-corrected chi connectivity index (χ3v) is 4.28. The predicted molar refractivity (Wildman–Crippen MR) is 103 cm³/mol. The molecule has 0 saturated carbocycles. The summed E-state index contributed by atoms with van der Waals surface area (Å²) in [5.41, 5.74) is 5.67. The van der Waals surface area contributed by atoms with Gasteiger partial charge in [0.1, 0.15) is 23.0 Å². The minimum atomic E-state index is 0.819. The van der Waals surface area contributed by atoms with Crippen LogP contribution in [0.25, 0.3) is 0 Å². The van der Waals surface area contributed by atoms with E-state index in [0.717, 1.165) is 39.7 Å². The van der Waals surface area contributed by atoms with Crippen molar-refractivity contribution in [3.05, 3.63) is 82.4 Å². The summed E-state index contributed by atoms with van der Waals surface area (Å²) >= 11 is 0. The maximum Gasteiger partial charge on any atom is 0.130 e. The Labute approximate surface area is 150 Å². The van der Waals surface area contributed by atoms with Gasteiger partial charge in [0.2, 0.25) is 0 Å². The Bertz CT molecular complexity index is 910. The van der Waals surface area contributed by atoms with Gasteiger partial charge < -0.3 is 9.47 Å². The normalized spacial score (nSPS) is 10.6. The highest BCUT2D eigenvalue weighted by molar-refractivity contribution is 5.46. The number of ether oxygens (including phenoxy) is 2. The van der Waals surface area contributed by atoms with Crippen molar-refractivity contribution in [1.82, 2.24) is 0 Å². The lowest BCUT2D eigenvalue weighted by molar-refractivity contribution is 0.462. The van der Waals surface area contributed by atoms with Gasteiger partial charge in [-0.15, -0.1) is 0 Å². The summed E-state index contributed by atoms with van der Waals surface area (Å²) in [7, 11) is 0. The van der Waals surface area contributed by atoms with Crippen LogP contribution < -0.4 is 9.47 Å². The van der Waals surface area contributed by atoms with E-state index < -0.39 is 0 Å². The van der Waals surface area contributed by atoms with Crippen molar-refractivity contribution < 1.29 is 9.47 Å². The SMILES string of the molecule is Cc1ccc(C)c(Oc2ccc(Oc3cc(C)ccc3C)c(C)c2)c1. The van der Waals surface area contributed by atoms with Gasteiger partial charge in [-0.25, -0.2) is 0 Å². The highest BCUT2D eigenvalue weighted by Gasteiger charge is 2.08. The van der Waals surface area contributed by atoms with Crippen molar-refractivity contribution >= 4 is 0 Å². The Hall–Kier alpha value is -2.74. The van der Waals surface area contributed by atoms with Gasteiger partial charge in [0.15, 0.2) is 0 Å². The van der Waals surface area contributed by atoms with Gasteiger partial charge in [0.05, 0.1) is 0 Å². The molecule has 0 N–H and O–H groups in total. The van der Waals surface area contributed by atoms with Crippen molar-refractivity contribution in [1.29, 1.82) is 0 Å². The van der Waals surface area contributed by atoms with Gasteiger partial charge in [0.25, 0.3) is 0 Å². The number of benzene rings is 3. The summed E-state index contributed by atoms with van der Waals surface area (Å²) in [6.45, 7) is 10.3. The smallest absolute Gasteiger partial charge is 0.130 e. The van der Waals surface area contributed by atoms with E-state index in [0.29, 0.717) is 0 Å². The van der Waals surface area contributed by atoms with Crippen LogP contribution in [-0.2, 0) is 0 Å². The van der Waals surface area contributed by atoms with Crippen LogP contribution in [0.3, 0.4) is 0 Å². The molecule has 0 saturated heterocycles. The molecule has 0 heterocycles. The summed E-state index contributed by atoms with van der Waals surface area (Å²) in [6.07, 6.45) is 0. The Morgan fingerprint density at radius 2 is 1.04 bits per heavy atom. The first-order valence-electron chi connectivity index (χ1n) is 8.53. The number of hydrogen-bond donors (Lipinski definition) is 0. The van der Waals surface area contributed by atoms with Crippen molar-refractivity contribution in [2.45, 2.75) is 34.6 Å². The Morgan fingerprint density at radius 3 is 1.60 bits per heavy atom. The van der Waals surface area contributed by atoms with Crippen LogP contribution in [-0.4, -0.2) is 0 Å². The molecule has 3 rings (SSSR count). The van der Waals surface area contributed by atoms with Crippen LogP contribution in [0.5, 0.6) is 23.0 Å². The zero-order valence-corrected chi connectivity index (χ0v) is 15.5. The molecule has 0 unspecified atom stereocenters. The molecule has 0 atom stereocenters. The van der Waals surface area contributed by atoms with Crippen LogP contribution in [0.1, 0.15) is 27.8 Å². The van der Waals surface area contributed by atoms with Crippen molar-refractivity contribution in [2.24, 2.45) is 0 Å². The summed E-state index contributed by atoms with van der Waals surface area (Å²) in [4.78, 5) is 0. The van der Waals surface area contributed by atoms with E-state index in [1.165, 1.54) is 11.1 Å². The second-order valence-electron chi connectivity index (χ2n) is 6.67. The van der Waals surface area contributed by atoms with Crippen LogP contribution in [0.2, 0.25) is 0 Å². The third kappa shape index (κ3) is 4.03. The average Bonchev–Trinajstić information content (AvgIpc) is 2.57. The Kier molecular flexibility index (Phi) is 4.80. The summed E-state index contributed by atoms with van der Waals surface area (Å²) in [5.74, 6) is 3.45. The fraction of sp³-hybridized carbons (Fsp3) is 0.217. The maximum atomic E-state index is 6.11. The Balaban J connectivity index is 1.83. The molecule has 128 valence electrons. The topological polar surface area (TPSA) is 18.5 Å².